The van der Waals surface area contributed by atoms with Gasteiger partial charge in [-0.05, 0) is 17.3 Å². The zero-order valence-electron chi connectivity index (χ0n) is 12.1. The smallest absolute Gasteiger partial charge is 0.297 e. The summed E-state index contributed by atoms with van der Waals surface area (Å²) in [5.41, 5.74) is -0.262. The molecule has 1 saturated carbocycles. The van der Waals surface area contributed by atoms with Gasteiger partial charge in [0.25, 0.3) is 5.56 Å². The zero-order valence-corrected chi connectivity index (χ0v) is 12.9. The Morgan fingerprint density at radius 3 is 2.16 bits per heavy atom. The second kappa shape index (κ2) is 4.23. The summed E-state index contributed by atoms with van der Waals surface area (Å²) >= 11 is 5.98. The quantitative estimate of drug-likeness (QED) is 0.868. The van der Waals surface area contributed by atoms with Crippen LogP contribution in [0.5, 0.6) is 0 Å². The molecular weight excluding hydrogens is 264 g/mol. The lowest BCUT2D eigenvalue weighted by Gasteiger charge is -2.10. The summed E-state index contributed by atoms with van der Waals surface area (Å²) in [6.07, 6.45) is 1.40. The number of H-pyrrole nitrogens is 1. The third-order valence-electron chi connectivity index (χ3n) is 4.88. The van der Waals surface area contributed by atoms with E-state index < -0.39 is 5.69 Å². The van der Waals surface area contributed by atoms with Crippen LogP contribution in [-0.4, -0.2) is 9.55 Å². The highest BCUT2D eigenvalue weighted by molar-refractivity contribution is 6.30. The first-order valence-corrected chi connectivity index (χ1v) is 7.07. The largest absolute Gasteiger partial charge is 0.329 e. The van der Waals surface area contributed by atoms with Gasteiger partial charge >= 0.3 is 5.69 Å². The van der Waals surface area contributed by atoms with Crippen LogP contribution < -0.4 is 11.2 Å². The summed E-state index contributed by atoms with van der Waals surface area (Å²) in [6.45, 7) is 10.3. The predicted octanol–water partition coefficient (Wildman–Crippen LogP) is 2.75. The molecule has 2 rings (SSSR count). The van der Waals surface area contributed by atoms with Crippen molar-refractivity contribution in [3.8, 4) is 0 Å². The number of aromatic amines is 1. The Bertz CT molecular complexity index is 611. The maximum absolute atomic E-state index is 12.5. The molecule has 0 amide bonds. The molecule has 1 heterocycles. The number of hydrogen-bond acceptors (Lipinski definition) is 2. The standard InChI is InChI=1S/C14H21ClN2O2/c1-6-7-8-9(15)16-12(19)17(10(8)18)11-13(2,3)14(11,4)5/h11H,6-7H2,1-5H3,(H,16,19). The van der Waals surface area contributed by atoms with E-state index >= 15 is 0 Å². The van der Waals surface area contributed by atoms with Gasteiger partial charge in [0.2, 0.25) is 0 Å². The van der Waals surface area contributed by atoms with Gasteiger partial charge in [0.05, 0.1) is 11.6 Å². The highest BCUT2D eigenvalue weighted by Crippen LogP contribution is 2.70. The summed E-state index contributed by atoms with van der Waals surface area (Å²) in [6, 6.07) is -0.0795. The Hall–Kier alpha value is -1.03. The average molecular weight is 285 g/mol. The van der Waals surface area contributed by atoms with Crippen LogP contribution in [-0.2, 0) is 6.42 Å². The molecule has 0 unspecified atom stereocenters. The maximum Gasteiger partial charge on any atom is 0.329 e. The lowest BCUT2D eigenvalue weighted by atomic mass is 10.0. The molecule has 1 aliphatic rings. The fraction of sp³-hybridized carbons (Fsp3) is 0.714. The van der Waals surface area contributed by atoms with Gasteiger partial charge in [-0.2, -0.15) is 0 Å². The minimum atomic E-state index is -0.404. The number of nitrogens with zero attached hydrogens (tertiary/aromatic N) is 1. The molecule has 0 saturated heterocycles. The molecule has 1 N–H and O–H groups in total. The first-order valence-electron chi connectivity index (χ1n) is 6.69. The van der Waals surface area contributed by atoms with Gasteiger partial charge in [-0.1, -0.05) is 52.6 Å². The van der Waals surface area contributed by atoms with Crippen molar-refractivity contribution < 1.29 is 0 Å². The van der Waals surface area contributed by atoms with Crippen molar-refractivity contribution in [1.82, 2.24) is 9.55 Å². The van der Waals surface area contributed by atoms with Crippen molar-refractivity contribution in [2.45, 2.75) is 53.5 Å². The van der Waals surface area contributed by atoms with E-state index in [1.165, 1.54) is 4.57 Å². The molecular formula is C14H21ClN2O2. The Morgan fingerprint density at radius 1 is 1.21 bits per heavy atom. The van der Waals surface area contributed by atoms with Crippen molar-refractivity contribution in [2.24, 2.45) is 10.8 Å². The monoisotopic (exact) mass is 284 g/mol. The molecule has 0 bridgehead atoms. The molecule has 0 spiro atoms. The summed E-state index contributed by atoms with van der Waals surface area (Å²) in [5.74, 6) is 0. The molecule has 0 aromatic carbocycles. The Morgan fingerprint density at radius 2 is 1.74 bits per heavy atom. The number of rotatable bonds is 3. The number of nitrogens with one attached hydrogen (secondary N) is 1. The van der Waals surface area contributed by atoms with Crippen molar-refractivity contribution in [1.29, 1.82) is 0 Å². The molecule has 0 aliphatic heterocycles. The summed E-state index contributed by atoms with van der Waals surface area (Å²) in [7, 11) is 0. The van der Waals surface area contributed by atoms with E-state index in [-0.39, 0.29) is 27.6 Å². The van der Waals surface area contributed by atoms with Crippen LogP contribution in [0.25, 0.3) is 0 Å². The second-order valence-electron chi connectivity index (χ2n) is 6.49. The molecule has 0 radical (unpaired) electrons. The normalized spacial score (nSPS) is 20.5. The molecule has 1 aliphatic carbocycles. The molecule has 1 aromatic rings. The third-order valence-corrected chi connectivity index (χ3v) is 5.20. The molecule has 1 aromatic heterocycles. The summed E-state index contributed by atoms with van der Waals surface area (Å²) in [5, 5.41) is 0.185. The Balaban J connectivity index is 2.64. The summed E-state index contributed by atoms with van der Waals surface area (Å²) < 4.78 is 1.36. The molecule has 106 valence electrons. The van der Waals surface area contributed by atoms with Crippen molar-refractivity contribution in [3.05, 3.63) is 31.6 Å². The van der Waals surface area contributed by atoms with E-state index in [0.717, 1.165) is 6.42 Å². The first-order chi connectivity index (χ1) is 8.66. The van der Waals surface area contributed by atoms with Crippen LogP contribution in [0.2, 0.25) is 5.15 Å². The van der Waals surface area contributed by atoms with E-state index in [0.29, 0.717) is 12.0 Å². The van der Waals surface area contributed by atoms with Gasteiger partial charge in [-0.15, -0.1) is 0 Å². The van der Waals surface area contributed by atoms with Gasteiger partial charge in [0.1, 0.15) is 5.15 Å². The van der Waals surface area contributed by atoms with Crippen molar-refractivity contribution in [2.75, 3.05) is 0 Å². The molecule has 1 fully saturated rings. The fourth-order valence-corrected chi connectivity index (χ4v) is 3.33. The third kappa shape index (κ3) is 1.88. The first kappa shape index (κ1) is 14.4. The minimum Gasteiger partial charge on any atom is -0.297 e. The highest BCUT2D eigenvalue weighted by atomic mass is 35.5. The number of aromatic nitrogens is 2. The molecule has 19 heavy (non-hydrogen) atoms. The van der Waals surface area contributed by atoms with Gasteiger partial charge < -0.3 is 0 Å². The van der Waals surface area contributed by atoms with Gasteiger partial charge in [0, 0.05) is 0 Å². The van der Waals surface area contributed by atoms with Gasteiger partial charge in [-0.25, -0.2) is 4.79 Å². The fourth-order valence-electron chi connectivity index (χ4n) is 3.07. The van der Waals surface area contributed by atoms with E-state index in [4.69, 9.17) is 11.6 Å². The molecule has 5 heteroatoms. The average Bonchev–Trinajstić information content (AvgIpc) is 2.67. The van der Waals surface area contributed by atoms with Crippen molar-refractivity contribution in [3.63, 3.8) is 0 Å². The highest BCUT2D eigenvalue weighted by Gasteiger charge is 2.66. The molecule has 4 nitrogen and oxygen atoms in total. The zero-order chi connectivity index (χ0) is 14.6. The van der Waals surface area contributed by atoms with E-state index in [1.807, 2.05) is 6.92 Å². The topological polar surface area (TPSA) is 54.9 Å². The number of halogens is 1. The SMILES string of the molecule is CCCc1c(Cl)[nH]c(=O)n(C2C(C)(C)C2(C)C)c1=O. The van der Waals surface area contributed by atoms with Crippen LogP contribution in [0.15, 0.2) is 9.59 Å². The van der Waals surface area contributed by atoms with Crippen LogP contribution >= 0.6 is 11.6 Å². The predicted molar refractivity (Wildman–Crippen MR) is 76.9 cm³/mol. The van der Waals surface area contributed by atoms with E-state index in [1.54, 1.807) is 0 Å². The molecule has 0 atom stereocenters. The lowest BCUT2D eigenvalue weighted by Crippen LogP contribution is -2.38. The minimum absolute atomic E-state index is 0.0683. The van der Waals surface area contributed by atoms with Gasteiger partial charge in [0.15, 0.2) is 0 Å². The Kier molecular flexibility index (Phi) is 3.21. The van der Waals surface area contributed by atoms with E-state index in [2.05, 4.69) is 32.7 Å². The van der Waals surface area contributed by atoms with Crippen LogP contribution in [0.3, 0.4) is 0 Å². The lowest BCUT2D eigenvalue weighted by molar-refractivity contribution is 0.457. The summed E-state index contributed by atoms with van der Waals surface area (Å²) in [4.78, 5) is 27.2. The van der Waals surface area contributed by atoms with Crippen LogP contribution in [0.1, 0.15) is 52.6 Å². The number of hydrogen-bond donors (Lipinski definition) is 1. The van der Waals surface area contributed by atoms with E-state index in [9.17, 15) is 9.59 Å². The second-order valence-corrected chi connectivity index (χ2v) is 6.87. The van der Waals surface area contributed by atoms with Crippen LogP contribution in [0, 0.1) is 10.8 Å². The van der Waals surface area contributed by atoms with Crippen LogP contribution in [0.4, 0.5) is 0 Å². The van der Waals surface area contributed by atoms with Crippen molar-refractivity contribution >= 4 is 11.6 Å². The van der Waals surface area contributed by atoms with Gasteiger partial charge in [-0.3, -0.25) is 14.3 Å². The maximum atomic E-state index is 12.5. The Labute approximate surface area is 117 Å².